The van der Waals surface area contributed by atoms with Crippen LogP contribution < -0.4 is 10.1 Å². The number of hydrogen-bond donors (Lipinski definition) is 1. The number of rotatable bonds is 4. The van der Waals surface area contributed by atoms with E-state index in [1.165, 1.54) is 25.1 Å². The van der Waals surface area contributed by atoms with Gasteiger partial charge in [0.25, 0.3) is 0 Å². The Bertz CT molecular complexity index is 1010. The first-order chi connectivity index (χ1) is 13.8. The van der Waals surface area contributed by atoms with E-state index in [-0.39, 0.29) is 17.5 Å². The summed E-state index contributed by atoms with van der Waals surface area (Å²) in [6, 6.07) is 16.3. The third-order valence-corrected chi connectivity index (χ3v) is 4.32. The van der Waals surface area contributed by atoms with Crippen molar-refractivity contribution in [3.8, 4) is 5.75 Å². The van der Waals surface area contributed by atoms with Crippen molar-refractivity contribution >= 4 is 22.8 Å². The van der Waals surface area contributed by atoms with Gasteiger partial charge < -0.3 is 10.1 Å². The Morgan fingerprint density at radius 3 is 2.45 bits per heavy atom. The molecule has 0 spiro atoms. The molecule has 5 heteroatoms. The zero-order chi connectivity index (χ0) is 21.4. The van der Waals surface area contributed by atoms with Crippen LogP contribution in [-0.4, -0.2) is 13.0 Å². The van der Waals surface area contributed by atoms with Crippen LogP contribution in [0, 0.1) is 11.6 Å². The monoisotopic (exact) mass is 397 g/mol. The Kier molecular flexibility index (Phi) is 7.89. The molecule has 3 aromatic carbocycles. The van der Waals surface area contributed by atoms with Gasteiger partial charge in [-0.1, -0.05) is 42.5 Å². The van der Waals surface area contributed by atoms with Gasteiger partial charge in [-0.25, -0.2) is 8.78 Å². The molecule has 0 aliphatic carbocycles. The average Bonchev–Trinajstić information content (AvgIpc) is 2.70. The predicted molar refractivity (Wildman–Crippen MR) is 114 cm³/mol. The second-order valence-electron chi connectivity index (χ2n) is 6.54. The summed E-state index contributed by atoms with van der Waals surface area (Å²) in [6.07, 6.45) is 3.19. The molecule has 1 N–H and O–H groups in total. The zero-order valence-electron chi connectivity index (χ0n) is 17.0. The standard InChI is InChI=1S/C15H17NO2.C9H8F2/c1-10(16-11(2)17)13-5-4-12-6-7-15(18-3)9-14(12)8-13;1-2-4-7-5-3-6-8(10)9(7)11/h4-10H,1-3H3,(H,16,17);2-6H,1H3/b;4-2+. The van der Waals surface area contributed by atoms with E-state index in [1.807, 2.05) is 31.2 Å². The van der Waals surface area contributed by atoms with Gasteiger partial charge in [0, 0.05) is 12.5 Å². The van der Waals surface area contributed by atoms with Crippen molar-refractivity contribution in [3.63, 3.8) is 0 Å². The van der Waals surface area contributed by atoms with Crippen LogP contribution >= 0.6 is 0 Å². The molecule has 0 saturated heterocycles. The quantitative estimate of drug-likeness (QED) is 0.583. The second kappa shape index (κ2) is 10.4. The molecule has 0 radical (unpaired) electrons. The third-order valence-electron chi connectivity index (χ3n) is 4.32. The normalized spacial score (nSPS) is 11.7. The second-order valence-corrected chi connectivity index (χ2v) is 6.54. The maximum Gasteiger partial charge on any atom is 0.217 e. The molecule has 3 rings (SSSR count). The van der Waals surface area contributed by atoms with Crippen LogP contribution in [-0.2, 0) is 4.79 Å². The number of hydrogen-bond acceptors (Lipinski definition) is 2. The SMILES string of the molecule is C/C=C/c1cccc(F)c1F.COc1ccc2ccc(C(C)NC(C)=O)cc2c1. The topological polar surface area (TPSA) is 38.3 Å². The summed E-state index contributed by atoms with van der Waals surface area (Å²) in [4.78, 5) is 11.1. The fraction of sp³-hybridized carbons (Fsp3) is 0.208. The van der Waals surface area contributed by atoms with Crippen molar-refractivity contribution in [1.29, 1.82) is 0 Å². The van der Waals surface area contributed by atoms with Gasteiger partial charge in [0.15, 0.2) is 11.6 Å². The van der Waals surface area contributed by atoms with E-state index in [2.05, 4.69) is 17.4 Å². The van der Waals surface area contributed by atoms with Gasteiger partial charge in [-0.15, -0.1) is 0 Å². The maximum atomic E-state index is 12.8. The fourth-order valence-electron chi connectivity index (χ4n) is 2.86. The molecule has 0 saturated carbocycles. The van der Waals surface area contributed by atoms with Crippen molar-refractivity contribution in [1.82, 2.24) is 5.32 Å². The number of benzene rings is 3. The van der Waals surface area contributed by atoms with Crippen molar-refractivity contribution in [2.24, 2.45) is 0 Å². The van der Waals surface area contributed by atoms with Crippen LogP contribution in [0.5, 0.6) is 5.75 Å². The van der Waals surface area contributed by atoms with Gasteiger partial charge in [0.05, 0.1) is 13.2 Å². The molecule has 0 bridgehead atoms. The largest absolute Gasteiger partial charge is 0.497 e. The highest BCUT2D eigenvalue weighted by molar-refractivity contribution is 5.84. The lowest BCUT2D eigenvalue weighted by atomic mass is 10.0. The first-order valence-corrected chi connectivity index (χ1v) is 9.27. The van der Waals surface area contributed by atoms with Gasteiger partial charge in [-0.3, -0.25) is 4.79 Å². The van der Waals surface area contributed by atoms with Crippen LogP contribution in [0.25, 0.3) is 16.8 Å². The Balaban J connectivity index is 0.000000234. The Morgan fingerprint density at radius 1 is 1.07 bits per heavy atom. The van der Waals surface area contributed by atoms with Crippen molar-refractivity contribution < 1.29 is 18.3 Å². The minimum Gasteiger partial charge on any atom is -0.497 e. The molecule has 3 nitrogen and oxygen atoms in total. The number of fused-ring (bicyclic) bond motifs is 1. The molecule has 0 heterocycles. The highest BCUT2D eigenvalue weighted by Crippen LogP contribution is 2.24. The summed E-state index contributed by atoms with van der Waals surface area (Å²) in [7, 11) is 1.66. The molecule has 1 amide bonds. The molecule has 0 aliphatic heterocycles. The maximum absolute atomic E-state index is 12.8. The highest BCUT2D eigenvalue weighted by Gasteiger charge is 2.07. The van der Waals surface area contributed by atoms with Crippen molar-refractivity contribution in [3.05, 3.63) is 83.4 Å². The van der Waals surface area contributed by atoms with Crippen LogP contribution in [0.4, 0.5) is 8.78 Å². The summed E-state index contributed by atoms with van der Waals surface area (Å²) >= 11 is 0. The van der Waals surface area contributed by atoms with Crippen LogP contribution in [0.3, 0.4) is 0 Å². The Hall–Kier alpha value is -3.21. The molecular weight excluding hydrogens is 372 g/mol. The number of amides is 1. The van der Waals surface area contributed by atoms with E-state index < -0.39 is 11.6 Å². The lowest BCUT2D eigenvalue weighted by molar-refractivity contribution is -0.119. The molecule has 0 aliphatic rings. The molecule has 152 valence electrons. The predicted octanol–water partition coefficient (Wildman–Crippen LogP) is 6.04. The molecule has 0 fully saturated rings. The number of carbonyl (C=O) groups excluding carboxylic acids is 1. The number of halogens is 2. The van der Waals surface area contributed by atoms with E-state index in [0.29, 0.717) is 0 Å². The molecule has 1 atom stereocenters. The summed E-state index contributed by atoms with van der Waals surface area (Å²) in [5, 5.41) is 5.16. The average molecular weight is 397 g/mol. The Morgan fingerprint density at radius 2 is 1.79 bits per heavy atom. The molecule has 29 heavy (non-hydrogen) atoms. The lowest BCUT2D eigenvalue weighted by Gasteiger charge is -2.13. The van der Waals surface area contributed by atoms with Gasteiger partial charge in [0.1, 0.15) is 5.75 Å². The summed E-state index contributed by atoms with van der Waals surface area (Å²) in [5.74, 6) is -0.772. The van der Waals surface area contributed by atoms with Crippen molar-refractivity contribution in [2.75, 3.05) is 7.11 Å². The first-order valence-electron chi connectivity index (χ1n) is 9.27. The van der Waals surface area contributed by atoms with Gasteiger partial charge in [0.2, 0.25) is 5.91 Å². The van der Waals surface area contributed by atoms with E-state index >= 15 is 0 Å². The minimum atomic E-state index is -0.805. The summed E-state index contributed by atoms with van der Waals surface area (Å²) < 4.78 is 30.5. The zero-order valence-corrected chi connectivity index (χ0v) is 17.0. The van der Waals surface area contributed by atoms with E-state index in [9.17, 15) is 13.6 Å². The Labute approximate surface area is 170 Å². The van der Waals surface area contributed by atoms with Crippen LogP contribution in [0.2, 0.25) is 0 Å². The summed E-state index contributed by atoms with van der Waals surface area (Å²) in [6.45, 7) is 5.26. The van der Waals surface area contributed by atoms with Crippen molar-refractivity contribution in [2.45, 2.75) is 26.8 Å². The number of carbonyl (C=O) groups is 1. The van der Waals surface area contributed by atoms with Gasteiger partial charge >= 0.3 is 0 Å². The lowest BCUT2D eigenvalue weighted by Crippen LogP contribution is -2.23. The molecular formula is C24H25F2NO2. The number of allylic oxidation sites excluding steroid dienone is 1. The van der Waals surface area contributed by atoms with E-state index in [0.717, 1.165) is 28.2 Å². The molecule has 1 unspecified atom stereocenters. The van der Waals surface area contributed by atoms with E-state index in [1.54, 1.807) is 20.1 Å². The molecule has 0 aromatic heterocycles. The molecule has 3 aromatic rings. The summed E-state index contributed by atoms with van der Waals surface area (Å²) in [5.41, 5.74) is 1.37. The van der Waals surface area contributed by atoms with E-state index in [4.69, 9.17) is 4.74 Å². The number of methoxy groups -OCH3 is 1. The fourth-order valence-corrected chi connectivity index (χ4v) is 2.86. The van der Waals surface area contributed by atoms with Crippen LogP contribution in [0.15, 0.2) is 60.7 Å². The van der Waals surface area contributed by atoms with Crippen LogP contribution in [0.1, 0.15) is 37.9 Å². The van der Waals surface area contributed by atoms with Gasteiger partial charge in [-0.05, 0) is 54.4 Å². The number of nitrogens with one attached hydrogen (secondary N) is 1. The first kappa shape index (κ1) is 22.1. The minimum absolute atomic E-state index is 0.0121. The number of ether oxygens (including phenoxy) is 1. The highest BCUT2D eigenvalue weighted by atomic mass is 19.2. The third kappa shape index (κ3) is 6.14. The smallest absolute Gasteiger partial charge is 0.217 e. The van der Waals surface area contributed by atoms with Gasteiger partial charge in [-0.2, -0.15) is 0 Å².